The predicted molar refractivity (Wildman–Crippen MR) is 105 cm³/mol. The first-order valence-electron chi connectivity index (χ1n) is 8.83. The Bertz CT molecular complexity index is 814. The van der Waals surface area contributed by atoms with Gasteiger partial charge in [0, 0.05) is 13.0 Å². The second kappa shape index (κ2) is 9.21. The summed E-state index contributed by atoms with van der Waals surface area (Å²) in [5.74, 6) is 1.35. The lowest BCUT2D eigenvalue weighted by atomic mass is 9.97. The molecule has 2 aromatic carbocycles. The summed E-state index contributed by atoms with van der Waals surface area (Å²) >= 11 is 0. The summed E-state index contributed by atoms with van der Waals surface area (Å²) < 4.78 is 38.0. The molecule has 0 aliphatic carbocycles. The van der Waals surface area contributed by atoms with E-state index in [1.165, 1.54) is 12.1 Å². The highest BCUT2D eigenvalue weighted by atomic mass is 32.2. The van der Waals surface area contributed by atoms with E-state index in [-0.39, 0.29) is 11.4 Å². The number of hydrogen-bond donors (Lipinski definition) is 2. The second-order valence-electron chi connectivity index (χ2n) is 6.67. The van der Waals surface area contributed by atoms with Crippen molar-refractivity contribution in [3.8, 4) is 11.5 Å². The van der Waals surface area contributed by atoms with E-state index in [1.807, 2.05) is 19.1 Å². The third kappa shape index (κ3) is 6.53. The van der Waals surface area contributed by atoms with Crippen molar-refractivity contribution in [2.75, 3.05) is 20.3 Å². The van der Waals surface area contributed by atoms with Gasteiger partial charge in [-0.3, -0.25) is 0 Å². The summed E-state index contributed by atoms with van der Waals surface area (Å²) in [5.41, 5.74) is -0.344. The van der Waals surface area contributed by atoms with Crippen LogP contribution in [0.2, 0.25) is 0 Å². The first-order chi connectivity index (χ1) is 12.8. The molecule has 6 nitrogen and oxygen atoms in total. The number of benzene rings is 2. The minimum absolute atomic E-state index is 0.102. The highest BCUT2D eigenvalue weighted by Gasteiger charge is 2.24. The normalized spacial score (nSPS) is 13.8. The summed E-state index contributed by atoms with van der Waals surface area (Å²) in [6.07, 6.45) is 1.19. The van der Waals surface area contributed by atoms with Crippen LogP contribution in [0.25, 0.3) is 0 Å². The average molecular weight is 394 g/mol. The Balaban J connectivity index is 1.97. The van der Waals surface area contributed by atoms with Gasteiger partial charge in [0.15, 0.2) is 0 Å². The first kappa shape index (κ1) is 21.2. The first-order valence-corrected chi connectivity index (χ1v) is 10.3. The summed E-state index contributed by atoms with van der Waals surface area (Å²) in [7, 11) is -2.13. The molecule has 27 heavy (non-hydrogen) atoms. The Labute approximate surface area is 161 Å². The largest absolute Gasteiger partial charge is 0.497 e. The van der Waals surface area contributed by atoms with Crippen LogP contribution >= 0.6 is 0 Å². The van der Waals surface area contributed by atoms with Gasteiger partial charge in [0.1, 0.15) is 11.5 Å². The van der Waals surface area contributed by atoms with Crippen molar-refractivity contribution >= 4 is 10.0 Å². The van der Waals surface area contributed by atoms with Crippen molar-refractivity contribution in [1.82, 2.24) is 4.72 Å². The molecule has 7 heteroatoms. The lowest BCUT2D eigenvalue weighted by molar-refractivity contribution is 0.0657. The van der Waals surface area contributed by atoms with Crippen LogP contribution in [-0.4, -0.2) is 39.4 Å². The molecule has 2 N–H and O–H groups in total. The quantitative estimate of drug-likeness (QED) is 0.648. The topological polar surface area (TPSA) is 84.9 Å². The van der Waals surface area contributed by atoms with E-state index in [9.17, 15) is 13.5 Å². The molecular formula is C20H27NO5S. The average Bonchev–Trinajstić information content (AvgIpc) is 2.66. The zero-order valence-corrected chi connectivity index (χ0v) is 16.8. The van der Waals surface area contributed by atoms with Crippen LogP contribution in [-0.2, 0) is 16.4 Å². The molecule has 0 spiro atoms. The highest BCUT2D eigenvalue weighted by Crippen LogP contribution is 2.19. The maximum absolute atomic E-state index is 12.5. The molecule has 0 saturated carbocycles. The SMILES string of the molecule is CCCOc1ccc(S(=O)(=O)NCC(C)(O)Cc2ccc(OC)cc2)cc1. The van der Waals surface area contributed by atoms with Crippen molar-refractivity contribution in [3.05, 3.63) is 54.1 Å². The molecule has 148 valence electrons. The van der Waals surface area contributed by atoms with E-state index in [2.05, 4.69) is 4.72 Å². The number of hydrogen-bond acceptors (Lipinski definition) is 5. The molecule has 1 unspecified atom stereocenters. The summed E-state index contributed by atoms with van der Waals surface area (Å²) in [6.45, 7) is 4.08. The van der Waals surface area contributed by atoms with Gasteiger partial charge in [-0.15, -0.1) is 0 Å². The number of ether oxygens (including phenoxy) is 2. The fourth-order valence-electron chi connectivity index (χ4n) is 2.51. The maximum atomic E-state index is 12.5. The van der Waals surface area contributed by atoms with Gasteiger partial charge in [-0.05, 0) is 55.3 Å². The smallest absolute Gasteiger partial charge is 0.240 e. The molecule has 0 radical (unpaired) electrons. The molecule has 2 rings (SSSR count). The molecule has 0 aliphatic rings. The second-order valence-corrected chi connectivity index (χ2v) is 8.43. The molecule has 0 heterocycles. The molecule has 0 aliphatic heterocycles. The number of rotatable bonds is 10. The zero-order chi connectivity index (χ0) is 19.9. The standard InChI is InChI=1S/C20H27NO5S/c1-4-13-26-18-9-11-19(12-10-18)27(23,24)21-15-20(2,22)14-16-5-7-17(25-3)8-6-16/h5-12,21-22H,4,13-15H2,1-3H3. The van der Waals surface area contributed by atoms with Crippen molar-refractivity contribution in [3.63, 3.8) is 0 Å². The van der Waals surface area contributed by atoms with Crippen LogP contribution in [0.3, 0.4) is 0 Å². The monoisotopic (exact) mass is 393 g/mol. The molecule has 1 atom stereocenters. The van der Waals surface area contributed by atoms with Crippen LogP contribution in [0.5, 0.6) is 11.5 Å². The van der Waals surface area contributed by atoms with Gasteiger partial charge in [0.2, 0.25) is 10.0 Å². The van der Waals surface area contributed by atoms with E-state index in [4.69, 9.17) is 9.47 Å². The predicted octanol–water partition coefficient (Wildman–Crippen LogP) is 2.76. The van der Waals surface area contributed by atoms with E-state index in [0.29, 0.717) is 18.8 Å². The summed E-state index contributed by atoms with van der Waals surface area (Å²) in [5, 5.41) is 10.6. The van der Waals surface area contributed by atoms with Crippen molar-refractivity contribution in [2.45, 2.75) is 37.2 Å². The third-order valence-electron chi connectivity index (χ3n) is 3.99. The lowest BCUT2D eigenvalue weighted by Crippen LogP contribution is -2.42. The van der Waals surface area contributed by atoms with E-state index in [0.717, 1.165) is 17.7 Å². The van der Waals surface area contributed by atoms with Gasteiger partial charge in [-0.2, -0.15) is 0 Å². The number of aliphatic hydroxyl groups is 1. The Hall–Kier alpha value is -2.09. The Morgan fingerprint density at radius 2 is 1.63 bits per heavy atom. The minimum Gasteiger partial charge on any atom is -0.497 e. The maximum Gasteiger partial charge on any atom is 0.240 e. The molecule has 2 aromatic rings. The van der Waals surface area contributed by atoms with Gasteiger partial charge in [-0.25, -0.2) is 13.1 Å². The van der Waals surface area contributed by atoms with Gasteiger partial charge < -0.3 is 14.6 Å². The van der Waals surface area contributed by atoms with Crippen molar-refractivity contribution in [1.29, 1.82) is 0 Å². The highest BCUT2D eigenvalue weighted by molar-refractivity contribution is 7.89. The van der Waals surface area contributed by atoms with Crippen molar-refractivity contribution < 1.29 is 23.0 Å². The Morgan fingerprint density at radius 1 is 1.04 bits per heavy atom. The number of nitrogens with one attached hydrogen (secondary N) is 1. The molecule has 0 bridgehead atoms. The fourth-order valence-corrected chi connectivity index (χ4v) is 3.68. The van der Waals surface area contributed by atoms with Crippen LogP contribution in [0.15, 0.2) is 53.4 Å². The van der Waals surface area contributed by atoms with Crippen LogP contribution in [0.4, 0.5) is 0 Å². The van der Waals surface area contributed by atoms with Crippen LogP contribution in [0, 0.1) is 0 Å². The van der Waals surface area contributed by atoms with Crippen LogP contribution in [0.1, 0.15) is 25.8 Å². The summed E-state index contributed by atoms with van der Waals surface area (Å²) in [6, 6.07) is 13.5. The summed E-state index contributed by atoms with van der Waals surface area (Å²) in [4.78, 5) is 0.131. The zero-order valence-electron chi connectivity index (χ0n) is 15.9. The third-order valence-corrected chi connectivity index (χ3v) is 5.41. The number of sulfonamides is 1. The lowest BCUT2D eigenvalue weighted by Gasteiger charge is -2.24. The van der Waals surface area contributed by atoms with Gasteiger partial charge in [-0.1, -0.05) is 19.1 Å². The Morgan fingerprint density at radius 3 is 2.19 bits per heavy atom. The van der Waals surface area contributed by atoms with Crippen LogP contribution < -0.4 is 14.2 Å². The molecule has 0 aromatic heterocycles. The van der Waals surface area contributed by atoms with Crippen molar-refractivity contribution in [2.24, 2.45) is 0 Å². The van der Waals surface area contributed by atoms with Gasteiger partial charge in [0.25, 0.3) is 0 Å². The minimum atomic E-state index is -3.72. The van der Waals surface area contributed by atoms with E-state index < -0.39 is 15.6 Å². The fraction of sp³-hybridized carbons (Fsp3) is 0.400. The van der Waals surface area contributed by atoms with Gasteiger partial charge in [0.05, 0.1) is 24.2 Å². The number of methoxy groups -OCH3 is 1. The molecule has 0 amide bonds. The van der Waals surface area contributed by atoms with E-state index >= 15 is 0 Å². The Kier molecular flexibility index (Phi) is 7.24. The molecule has 0 fully saturated rings. The van der Waals surface area contributed by atoms with Gasteiger partial charge >= 0.3 is 0 Å². The molecular weight excluding hydrogens is 366 g/mol. The molecule has 0 saturated heterocycles. The van der Waals surface area contributed by atoms with E-state index in [1.54, 1.807) is 38.3 Å².